The van der Waals surface area contributed by atoms with Crippen molar-refractivity contribution in [2.45, 2.75) is 95.7 Å². The van der Waals surface area contributed by atoms with Crippen molar-refractivity contribution in [3.8, 4) is 0 Å². The Morgan fingerprint density at radius 1 is 0.944 bits per heavy atom. The molecule has 2 heteroatoms. The number of aliphatic hydroxyl groups is 1. The van der Waals surface area contributed by atoms with Crippen LogP contribution in [0.1, 0.15) is 77.6 Å². The van der Waals surface area contributed by atoms with E-state index in [4.69, 9.17) is 0 Å². The van der Waals surface area contributed by atoms with E-state index < -0.39 is 0 Å². The lowest BCUT2D eigenvalue weighted by molar-refractivity contribution is 0.103. The normalized spacial score (nSPS) is 33.0. The van der Waals surface area contributed by atoms with E-state index in [0.29, 0.717) is 12.1 Å². The minimum Gasteiger partial charge on any atom is -0.392 e. The van der Waals surface area contributed by atoms with Gasteiger partial charge in [-0.15, -0.1) is 0 Å². The Labute approximate surface area is 113 Å². The molecular weight excluding hydrogens is 222 g/mol. The van der Waals surface area contributed by atoms with Crippen molar-refractivity contribution in [1.82, 2.24) is 5.32 Å². The highest BCUT2D eigenvalue weighted by molar-refractivity contribution is 4.86. The number of hydrogen-bond acceptors (Lipinski definition) is 2. The standard InChI is InChI=1S/C16H31NO/c1-2-14(13-9-5-3-6-10-13)17-15-11-7-4-8-12-16(15)18/h13-18H,2-12H2,1H3. The third-order valence-corrected chi connectivity index (χ3v) is 5.07. The van der Waals surface area contributed by atoms with Crippen LogP contribution in [0, 0.1) is 5.92 Å². The van der Waals surface area contributed by atoms with Gasteiger partial charge in [-0.3, -0.25) is 0 Å². The van der Waals surface area contributed by atoms with Gasteiger partial charge in [-0.2, -0.15) is 0 Å². The summed E-state index contributed by atoms with van der Waals surface area (Å²) in [5.41, 5.74) is 0. The molecule has 0 spiro atoms. The van der Waals surface area contributed by atoms with E-state index in [1.807, 2.05) is 0 Å². The quantitative estimate of drug-likeness (QED) is 0.750. The zero-order valence-corrected chi connectivity index (χ0v) is 12.0. The van der Waals surface area contributed by atoms with Gasteiger partial charge < -0.3 is 10.4 Å². The number of hydrogen-bond donors (Lipinski definition) is 2. The molecule has 0 aromatic carbocycles. The van der Waals surface area contributed by atoms with Crippen LogP contribution in [0.2, 0.25) is 0 Å². The van der Waals surface area contributed by atoms with Crippen LogP contribution in [0.3, 0.4) is 0 Å². The number of nitrogens with one attached hydrogen (secondary N) is 1. The van der Waals surface area contributed by atoms with Gasteiger partial charge in [0.2, 0.25) is 0 Å². The van der Waals surface area contributed by atoms with Crippen LogP contribution in [0.15, 0.2) is 0 Å². The molecule has 0 radical (unpaired) electrons. The zero-order chi connectivity index (χ0) is 12.8. The van der Waals surface area contributed by atoms with Gasteiger partial charge in [0.05, 0.1) is 6.10 Å². The molecule has 2 aliphatic carbocycles. The second-order valence-corrected chi connectivity index (χ2v) is 6.39. The van der Waals surface area contributed by atoms with E-state index in [1.54, 1.807) is 0 Å². The fourth-order valence-corrected chi connectivity index (χ4v) is 3.88. The Morgan fingerprint density at radius 3 is 2.22 bits per heavy atom. The second kappa shape index (κ2) is 7.49. The fourth-order valence-electron chi connectivity index (χ4n) is 3.88. The van der Waals surface area contributed by atoms with Gasteiger partial charge in [-0.25, -0.2) is 0 Å². The van der Waals surface area contributed by atoms with Crippen molar-refractivity contribution < 1.29 is 5.11 Å². The molecule has 18 heavy (non-hydrogen) atoms. The highest BCUT2D eigenvalue weighted by Crippen LogP contribution is 2.29. The highest BCUT2D eigenvalue weighted by Gasteiger charge is 2.28. The molecule has 2 N–H and O–H groups in total. The van der Waals surface area contributed by atoms with E-state index in [-0.39, 0.29) is 6.10 Å². The molecule has 0 aromatic rings. The molecule has 0 saturated heterocycles. The maximum atomic E-state index is 10.2. The molecule has 0 aromatic heterocycles. The summed E-state index contributed by atoms with van der Waals surface area (Å²) in [6.45, 7) is 2.30. The molecule has 0 amide bonds. The van der Waals surface area contributed by atoms with Crippen LogP contribution in [0.5, 0.6) is 0 Å². The summed E-state index contributed by atoms with van der Waals surface area (Å²) >= 11 is 0. The van der Waals surface area contributed by atoms with Crippen molar-refractivity contribution >= 4 is 0 Å². The third kappa shape index (κ3) is 3.96. The monoisotopic (exact) mass is 253 g/mol. The predicted molar refractivity (Wildman–Crippen MR) is 76.7 cm³/mol. The van der Waals surface area contributed by atoms with Gasteiger partial charge in [-0.05, 0) is 38.0 Å². The van der Waals surface area contributed by atoms with Gasteiger partial charge in [-0.1, -0.05) is 45.4 Å². The third-order valence-electron chi connectivity index (χ3n) is 5.07. The molecule has 2 fully saturated rings. The van der Waals surface area contributed by atoms with Gasteiger partial charge in [0.1, 0.15) is 0 Å². The Kier molecular flexibility index (Phi) is 5.97. The highest BCUT2D eigenvalue weighted by atomic mass is 16.3. The molecule has 106 valence electrons. The average Bonchev–Trinajstić information content (AvgIpc) is 2.62. The first-order valence-corrected chi connectivity index (χ1v) is 8.25. The van der Waals surface area contributed by atoms with E-state index in [2.05, 4.69) is 12.2 Å². The fraction of sp³-hybridized carbons (Fsp3) is 1.00. The summed E-state index contributed by atoms with van der Waals surface area (Å²) in [5.74, 6) is 0.860. The predicted octanol–water partition coefficient (Wildman–Crippen LogP) is 3.63. The van der Waals surface area contributed by atoms with Crippen LogP contribution >= 0.6 is 0 Å². The lowest BCUT2D eigenvalue weighted by Crippen LogP contribution is -2.48. The maximum absolute atomic E-state index is 10.2. The molecule has 3 unspecified atom stereocenters. The van der Waals surface area contributed by atoms with E-state index >= 15 is 0 Å². The molecule has 0 aliphatic heterocycles. The van der Waals surface area contributed by atoms with E-state index in [9.17, 15) is 5.11 Å². The molecule has 3 atom stereocenters. The number of rotatable bonds is 4. The summed E-state index contributed by atoms with van der Waals surface area (Å²) in [6, 6.07) is 1.00. The van der Waals surface area contributed by atoms with Crippen LogP contribution in [-0.4, -0.2) is 23.3 Å². The van der Waals surface area contributed by atoms with Crippen LogP contribution in [0.25, 0.3) is 0 Å². The largest absolute Gasteiger partial charge is 0.392 e. The molecule has 0 bridgehead atoms. The van der Waals surface area contributed by atoms with Gasteiger partial charge in [0, 0.05) is 12.1 Å². The first kappa shape index (κ1) is 14.3. The maximum Gasteiger partial charge on any atom is 0.0693 e. The second-order valence-electron chi connectivity index (χ2n) is 6.39. The lowest BCUT2D eigenvalue weighted by Gasteiger charge is -2.34. The summed E-state index contributed by atoms with van der Waals surface area (Å²) in [4.78, 5) is 0. The Bertz CT molecular complexity index is 225. The topological polar surface area (TPSA) is 32.3 Å². The summed E-state index contributed by atoms with van der Waals surface area (Å²) in [5, 5.41) is 14.0. The Hall–Kier alpha value is -0.0800. The minimum absolute atomic E-state index is 0.106. The summed E-state index contributed by atoms with van der Waals surface area (Å²) in [7, 11) is 0. The summed E-state index contributed by atoms with van der Waals surface area (Å²) < 4.78 is 0. The zero-order valence-electron chi connectivity index (χ0n) is 12.0. The molecular formula is C16H31NO. The minimum atomic E-state index is -0.106. The van der Waals surface area contributed by atoms with Crippen LogP contribution in [0.4, 0.5) is 0 Å². The molecule has 2 nitrogen and oxygen atoms in total. The molecule has 2 saturated carbocycles. The summed E-state index contributed by atoms with van der Waals surface area (Å²) in [6.07, 6.45) is 14.1. The van der Waals surface area contributed by atoms with Crippen molar-refractivity contribution in [1.29, 1.82) is 0 Å². The average molecular weight is 253 g/mol. The van der Waals surface area contributed by atoms with Crippen LogP contribution < -0.4 is 5.32 Å². The van der Waals surface area contributed by atoms with E-state index in [0.717, 1.165) is 12.3 Å². The molecule has 2 rings (SSSR count). The van der Waals surface area contributed by atoms with Gasteiger partial charge in [0.25, 0.3) is 0 Å². The van der Waals surface area contributed by atoms with Crippen molar-refractivity contribution in [3.63, 3.8) is 0 Å². The van der Waals surface area contributed by atoms with Gasteiger partial charge >= 0.3 is 0 Å². The Balaban J connectivity index is 1.87. The SMILES string of the molecule is CCC(NC1CCCCCC1O)C1CCCCC1. The lowest BCUT2D eigenvalue weighted by atomic mass is 9.82. The van der Waals surface area contributed by atoms with Crippen molar-refractivity contribution in [2.24, 2.45) is 5.92 Å². The van der Waals surface area contributed by atoms with Crippen molar-refractivity contribution in [3.05, 3.63) is 0 Å². The first-order chi connectivity index (χ1) is 8.81. The molecule has 0 heterocycles. The first-order valence-electron chi connectivity index (χ1n) is 8.25. The van der Waals surface area contributed by atoms with Crippen LogP contribution in [-0.2, 0) is 0 Å². The van der Waals surface area contributed by atoms with Gasteiger partial charge in [0.15, 0.2) is 0 Å². The number of aliphatic hydroxyl groups excluding tert-OH is 1. The van der Waals surface area contributed by atoms with E-state index in [1.165, 1.54) is 64.2 Å². The molecule has 2 aliphatic rings. The smallest absolute Gasteiger partial charge is 0.0693 e. The van der Waals surface area contributed by atoms with Crippen molar-refractivity contribution in [2.75, 3.05) is 0 Å². The Morgan fingerprint density at radius 2 is 1.56 bits per heavy atom.